The summed E-state index contributed by atoms with van der Waals surface area (Å²) in [7, 11) is 0. The molecule has 0 aliphatic carbocycles. The van der Waals surface area contributed by atoms with E-state index in [1.807, 2.05) is 24.3 Å². The first-order valence-corrected chi connectivity index (χ1v) is 7.25. The molecule has 0 saturated heterocycles. The average Bonchev–Trinajstić information content (AvgIpc) is 2.82. The fourth-order valence-electron chi connectivity index (χ4n) is 1.62. The lowest BCUT2D eigenvalue weighted by molar-refractivity contribution is 1.01. The van der Waals surface area contributed by atoms with Crippen LogP contribution in [0.4, 0.5) is 10.9 Å². The van der Waals surface area contributed by atoms with Crippen molar-refractivity contribution in [3.8, 4) is 0 Å². The Balaban J connectivity index is 1.85. The molecule has 3 aromatic rings. The van der Waals surface area contributed by atoms with Gasteiger partial charge in [0.25, 0.3) is 0 Å². The highest BCUT2D eigenvalue weighted by Gasteiger charge is 2.07. The smallest absolute Gasteiger partial charge is 0.203 e. The van der Waals surface area contributed by atoms with Crippen molar-refractivity contribution in [1.82, 2.24) is 20.2 Å². The van der Waals surface area contributed by atoms with E-state index in [1.54, 1.807) is 0 Å². The van der Waals surface area contributed by atoms with Crippen LogP contribution < -0.4 is 11.5 Å². The van der Waals surface area contributed by atoms with Gasteiger partial charge in [-0.2, -0.15) is 0 Å². The normalized spacial score (nSPS) is 10.9. The zero-order valence-corrected chi connectivity index (χ0v) is 11.4. The molecule has 6 nitrogen and oxygen atoms in total. The van der Waals surface area contributed by atoms with Crippen molar-refractivity contribution in [1.29, 1.82) is 0 Å². The van der Waals surface area contributed by atoms with E-state index in [0.717, 1.165) is 15.2 Å². The second-order valence-corrected chi connectivity index (χ2v) is 5.97. The van der Waals surface area contributed by atoms with Crippen LogP contribution in [0.15, 0.2) is 28.6 Å². The Kier molecular flexibility index (Phi) is 3.18. The van der Waals surface area contributed by atoms with Gasteiger partial charge in [0.2, 0.25) is 5.13 Å². The third-order valence-corrected chi connectivity index (χ3v) is 4.31. The zero-order chi connectivity index (χ0) is 13.2. The first-order valence-electron chi connectivity index (χ1n) is 5.45. The molecule has 8 heteroatoms. The second kappa shape index (κ2) is 4.98. The molecule has 2 aromatic heterocycles. The molecule has 0 atom stereocenters. The molecule has 0 radical (unpaired) electrons. The monoisotopic (exact) mass is 290 g/mol. The quantitative estimate of drug-likeness (QED) is 0.710. The molecular formula is C11H10N6S2. The van der Waals surface area contributed by atoms with E-state index in [4.69, 9.17) is 11.5 Å². The Morgan fingerprint density at radius 2 is 1.95 bits per heavy atom. The Morgan fingerprint density at radius 1 is 1.11 bits per heavy atom. The summed E-state index contributed by atoms with van der Waals surface area (Å²) >= 11 is 2.84. The summed E-state index contributed by atoms with van der Waals surface area (Å²) in [6, 6.07) is 7.68. The minimum absolute atomic E-state index is 0.460. The summed E-state index contributed by atoms with van der Waals surface area (Å²) in [6.45, 7) is 0. The van der Waals surface area contributed by atoms with Crippen molar-refractivity contribution in [3.05, 3.63) is 30.1 Å². The summed E-state index contributed by atoms with van der Waals surface area (Å²) in [5.74, 6) is 1.76. The molecule has 19 heavy (non-hydrogen) atoms. The van der Waals surface area contributed by atoms with E-state index in [2.05, 4.69) is 20.2 Å². The number of aromatic nitrogens is 4. The first kappa shape index (κ1) is 12.1. The molecule has 0 fully saturated rings. The van der Waals surface area contributed by atoms with Gasteiger partial charge >= 0.3 is 0 Å². The predicted octanol–water partition coefficient (Wildman–Crippen LogP) is 1.94. The third kappa shape index (κ3) is 2.59. The third-order valence-electron chi connectivity index (χ3n) is 2.43. The number of anilines is 2. The van der Waals surface area contributed by atoms with Crippen LogP contribution in [0.5, 0.6) is 0 Å². The highest BCUT2D eigenvalue weighted by Crippen LogP contribution is 2.27. The first-order chi connectivity index (χ1) is 9.22. The maximum atomic E-state index is 5.92. The van der Waals surface area contributed by atoms with Crippen molar-refractivity contribution >= 4 is 45.0 Å². The van der Waals surface area contributed by atoms with Crippen molar-refractivity contribution in [3.63, 3.8) is 0 Å². The van der Waals surface area contributed by atoms with E-state index in [-0.39, 0.29) is 0 Å². The van der Waals surface area contributed by atoms with Gasteiger partial charge < -0.3 is 11.5 Å². The minimum Gasteiger partial charge on any atom is -0.383 e. The lowest BCUT2D eigenvalue weighted by Gasteiger charge is -2.03. The number of fused-ring (bicyclic) bond motifs is 1. The number of thioether (sulfide) groups is 1. The summed E-state index contributed by atoms with van der Waals surface area (Å²) in [5.41, 5.74) is 12.3. The summed E-state index contributed by atoms with van der Waals surface area (Å²) in [5, 5.41) is 9.02. The van der Waals surface area contributed by atoms with Crippen LogP contribution in [-0.2, 0) is 5.75 Å². The fourth-order valence-corrected chi connectivity index (χ4v) is 3.11. The Hall–Kier alpha value is -1.93. The van der Waals surface area contributed by atoms with Crippen LogP contribution in [-0.4, -0.2) is 20.2 Å². The molecule has 0 aliphatic heterocycles. The van der Waals surface area contributed by atoms with E-state index >= 15 is 0 Å². The summed E-state index contributed by atoms with van der Waals surface area (Å²) in [6.07, 6.45) is 0. The highest BCUT2D eigenvalue weighted by molar-refractivity contribution is 8.00. The number of rotatable bonds is 3. The number of hydrogen-bond donors (Lipinski definition) is 2. The zero-order valence-electron chi connectivity index (χ0n) is 9.78. The van der Waals surface area contributed by atoms with Crippen LogP contribution in [0.3, 0.4) is 0 Å². The minimum atomic E-state index is 0.460. The van der Waals surface area contributed by atoms with Crippen molar-refractivity contribution in [2.45, 2.75) is 10.1 Å². The lowest BCUT2D eigenvalue weighted by Crippen LogP contribution is -1.99. The Morgan fingerprint density at radius 3 is 2.74 bits per heavy atom. The topological polar surface area (TPSA) is 104 Å². The molecule has 4 N–H and O–H groups in total. The van der Waals surface area contributed by atoms with E-state index in [0.29, 0.717) is 22.5 Å². The van der Waals surface area contributed by atoms with Gasteiger partial charge in [0.15, 0.2) is 4.34 Å². The van der Waals surface area contributed by atoms with E-state index in [1.165, 1.54) is 23.1 Å². The van der Waals surface area contributed by atoms with Crippen LogP contribution >= 0.6 is 23.1 Å². The number of nitrogen functional groups attached to an aromatic ring is 2. The molecule has 1 aromatic carbocycles. The fraction of sp³-hybridized carbons (Fsp3) is 0.0909. The van der Waals surface area contributed by atoms with Gasteiger partial charge in [0, 0.05) is 5.39 Å². The molecule has 0 saturated carbocycles. The van der Waals surface area contributed by atoms with Gasteiger partial charge in [0.1, 0.15) is 11.6 Å². The SMILES string of the molecule is Nc1nnc(SCc2nc(N)c3ccccc3n2)s1. The number of hydrogen-bond acceptors (Lipinski definition) is 8. The number of para-hydroxylation sites is 1. The predicted molar refractivity (Wildman–Crippen MR) is 77.8 cm³/mol. The van der Waals surface area contributed by atoms with Crippen LogP contribution in [0, 0.1) is 0 Å². The van der Waals surface area contributed by atoms with Gasteiger partial charge in [0.05, 0.1) is 11.3 Å². The van der Waals surface area contributed by atoms with E-state index < -0.39 is 0 Å². The molecule has 0 amide bonds. The molecule has 96 valence electrons. The van der Waals surface area contributed by atoms with Gasteiger partial charge in [-0.1, -0.05) is 35.2 Å². The lowest BCUT2D eigenvalue weighted by atomic mass is 10.2. The van der Waals surface area contributed by atoms with Crippen molar-refractivity contribution in [2.24, 2.45) is 0 Å². The van der Waals surface area contributed by atoms with Crippen molar-refractivity contribution in [2.75, 3.05) is 11.5 Å². The van der Waals surface area contributed by atoms with Crippen LogP contribution in [0.2, 0.25) is 0 Å². The Bertz CT molecular complexity index is 726. The largest absolute Gasteiger partial charge is 0.383 e. The molecule has 0 aliphatic rings. The number of nitrogens with two attached hydrogens (primary N) is 2. The highest BCUT2D eigenvalue weighted by atomic mass is 32.2. The van der Waals surface area contributed by atoms with Crippen molar-refractivity contribution < 1.29 is 0 Å². The average molecular weight is 290 g/mol. The maximum absolute atomic E-state index is 5.92. The summed E-state index contributed by atoms with van der Waals surface area (Å²) < 4.78 is 0.799. The standard InChI is InChI=1S/C11H10N6S2/c12-9-6-3-1-2-4-7(6)14-8(15-9)5-18-11-17-16-10(13)19-11/h1-4H,5H2,(H2,13,16)(H2,12,14,15). The van der Waals surface area contributed by atoms with E-state index in [9.17, 15) is 0 Å². The molecule has 0 spiro atoms. The van der Waals surface area contributed by atoms with Gasteiger partial charge in [-0.25, -0.2) is 9.97 Å². The molecule has 3 rings (SSSR count). The number of nitrogens with zero attached hydrogens (tertiary/aromatic N) is 4. The second-order valence-electron chi connectivity index (χ2n) is 3.74. The Labute approximate surface area is 117 Å². The maximum Gasteiger partial charge on any atom is 0.203 e. The summed E-state index contributed by atoms with van der Waals surface area (Å²) in [4.78, 5) is 8.77. The van der Waals surface area contributed by atoms with Crippen LogP contribution in [0.25, 0.3) is 10.9 Å². The van der Waals surface area contributed by atoms with Crippen LogP contribution in [0.1, 0.15) is 5.82 Å². The number of benzene rings is 1. The van der Waals surface area contributed by atoms with Gasteiger partial charge in [-0.3, -0.25) is 0 Å². The molecule has 0 unspecified atom stereocenters. The van der Waals surface area contributed by atoms with Gasteiger partial charge in [-0.15, -0.1) is 10.2 Å². The molecular weight excluding hydrogens is 280 g/mol. The molecule has 0 bridgehead atoms. The van der Waals surface area contributed by atoms with Gasteiger partial charge in [-0.05, 0) is 12.1 Å². The molecule has 2 heterocycles.